The highest BCUT2D eigenvalue weighted by Crippen LogP contribution is 2.47. The molecule has 3 heterocycles. The monoisotopic (exact) mass is 590 g/mol. The number of benzene rings is 1. The van der Waals surface area contributed by atoms with Crippen molar-refractivity contribution >= 4 is 19.3 Å². The van der Waals surface area contributed by atoms with Crippen LogP contribution in [0.2, 0.25) is 18.1 Å². The van der Waals surface area contributed by atoms with Crippen molar-refractivity contribution in [3.8, 4) is 11.5 Å². The van der Waals surface area contributed by atoms with Gasteiger partial charge >= 0.3 is 5.63 Å². The highest BCUT2D eigenvalue weighted by Gasteiger charge is 2.59. The Morgan fingerprint density at radius 3 is 2.41 bits per heavy atom. The van der Waals surface area contributed by atoms with Crippen LogP contribution in [0.15, 0.2) is 27.4 Å². The number of hydrogen-bond donors (Lipinski definition) is 1. The van der Waals surface area contributed by atoms with Gasteiger partial charge in [0.2, 0.25) is 6.29 Å². The molecule has 3 fully saturated rings. The second-order valence-electron chi connectivity index (χ2n) is 11.8. The molecule has 1 aliphatic carbocycles. The van der Waals surface area contributed by atoms with E-state index in [-0.39, 0.29) is 17.4 Å². The van der Waals surface area contributed by atoms with Gasteiger partial charge < -0.3 is 37.6 Å². The molecule has 1 aromatic heterocycles. The van der Waals surface area contributed by atoms with Crippen molar-refractivity contribution < 1.29 is 37.6 Å². The molecular weight excluding hydrogens is 544 g/mol. The van der Waals surface area contributed by atoms with E-state index in [0.29, 0.717) is 23.3 Å². The molecule has 0 amide bonds. The summed E-state index contributed by atoms with van der Waals surface area (Å²) < 4.78 is 45.4. The second-order valence-corrected chi connectivity index (χ2v) is 16.5. The Morgan fingerprint density at radius 2 is 1.78 bits per heavy atom. The van der Waals surface area contributed by atoms with Gasteiger partial charge in [0, 0.05) is 19.3 Å². The maximum Gasteiger partial charge on any atom is 0.339 e. The molecular formula is C31H46O9Si. The lowest BCUT2D eigenvalue weighted by Crippen LogP contribution is -2.68. The van der Waals surface area contributed by atoms with Crippen molar-refractivity contribution in [1.29, 1.82) is 0 Å². The van der Waals surface area contributed by atoms with E-state index < -0.39 is 44.3 Å². The van der Waals surface area contributed by atoms with Crippen molar-refractivity contribution in [3.63, 3.8) is 0 Å². The second kappa shape index (κ2) is 12.7. The molecule has 9 nitrogen and oxygen atoms in total. The molecule has 228 valence electrons. The minimum Gasteiger partial charge on any atom is -0.507 e. The van der Waals surface area contributed by atoms with Crippen molar-refractivity contribution in [2.45, 2.75) is 127 Å². The zero-order valence-electron chi connectivity index (χ0n) is 25.1. The maximum atomic E-state index is 12.1. The first-order chi connectivity index (χ1) is 19.8. The van der Waals surface area contributed by atoms with Crippen LogP contribution >= 0.6 is 0 Å². The topological polar surface area (TPSA) is 106 Å². The van der Waals surface area contributed by atoms with E-state index in [1.807, 2.05) is 6.92 Å². The summed E-state index contributed by atoms with van der Waals surface area (Å²) in [7, 11) is -0.364. The summed E-state index contributed by atoms with van der Waals surface area (Å²) in [5.41, 5.74) is -0.314. The minimum atomic E-state index is -2.11. The Morgan fingerprint density at radius 1 is 1.05 bits per heavy atom. The number of fused-ring (bicyclic) bond motifs is 1. The van der Waals surface area contributed by atoms with E-state index in [1.165, 1.54) is 0 Å². The zero-order chi connectivity index (χ0) is 29.2. The van der Waals surface area contributed by atoms with Crippen molar-refractivity contribution in [3.05, 3.63) is 34.2 Å². The summed E-state index contributed by atoms with van der Waals surface area (Å²) in [5.74, 6) is 0.360. The van der Waals surface area contributed by atoms with E-state index >= 15 is 0 Å². The third-order valence-corrected chi connectivity index (χ3v) is 14.2. The molecule has 0 bridgehead atoms. The first-order valence-electron chi connectivity index (χ1n) is 15.4. The molecule has 1 spiro atoms. The molecule has 41 heavy (non-hydrogen) atoms. The largest absolute Gasteiger partial charge is 0.507 e. The molecule has 3 aliphatic rings. The number of hydrogen-bond acceptors (Lipinski definition) is 9. The molecule has 2 aromatic rings. The molecule has 0 radical (unpaired) electrons. The number of ether oxygens (including phenoxy) is 5. The third kappa shape index (κ3) is 5.96. The van der Waals surface area contributed by atoms with Gasteiger partial charge in [-0.05, 0) is 69.3 Å². The summed E-state index contributed by atoms with van der Waals surface area (Å²) in [4.78, 5) is 12.1. The lowest BCUT2D eigenvalue weighted by atomic mass is 9.85. The van der Waals surface area contributed by atoms with Gasteiger partial charge in [-0.2, -0.15) is 0 Å². The van der Waals surface area contributed by atoms with Crippen LogP contribution in [-0.2, 0) is 23.4 Å². The van der Waals surface area contributed by atoms with Gasteiger partial charge in [-0.3, -0.25) is 0 Å². The van der Waals surface area contributed by atoms with Crippen LogP contribution in [-0.4, -0.2) is 63.6 Å². The van der Waals surface area contributed by atoms with Crippen molar-refractivity contribution in [2.75, 3.05) is 13.7 Å². The lowest BCUT2D eigenvalue weighted by Gasteiger charge is -2.53. The Kier molecular flexibility index (Phi) is 9.47. The van der Waals surface area contributed by atoms with Gasteiger partial charge in [-0.1, -0.05) is 33.6 Å². The Labute approximate surface area is 243 Å². The van der Waals surface area contributed by atoms with Gasteiger partial charge in [-0.15, -0.1) is 0 Å². The van der Waals surface area contributed by atoms with Crippen LogP contribution in [0.1, 0.15) is 71.3 Å². The fourth-order valence-corrected chi connectivity index (χ4v) is 9.77. The average Bonchev–Trinajstić information content (AvgIpc) is 3.44. The van der Waals surface area contributed by atoms with Gasteiger partial charge in [-0.25, -0.2) is 4.79 Å². The van der Waals surface area contributed by atoms with E-state index in [9.17, 15) is 9.90 Å². The van der Waals surface area contributed by atoms with E-state index in [1.54, 1.807) is 19.2 Å². The van der Waals surface area contributed by atoms with Gasteiger partial charge in [0.25, 0.3) is 0 Å². The first kappa shape index (κ1) is 30.5. The van der Waals surface area contributed by atoms with Crippen LogP contribution in [0.4, 0.5) is 0 Å². The maximum absolute atomic E-state index is 12.1. The summed E-state index contributed by atoms with van der Waals surface area (Å²) in [6.07, 6.45) is 4.04. The molecule has 5 rings (SSSR count). The van der Waals surface area contributed by atoms with Gasteiger partial charge in [0.05, 0.1) is 11.5 Å². The zero-order valence-corrected chi connectivity index (χ0v) is 26.1. The van der Waals surface area contributed by atoms with Crippen LogP contribution in [0, 0.1) is 6.92 Å². The normalized spacial score (nSPS) is 28.4. The Hall–Kier alpha value is -1.95. The van der Waals surface area contributed by atoms with Gasteiger partial charge in [0.15, 0.2) is 20.7 Å². The average molecular weight is 591 g/mol. The van der Waals surface area contributed by atoms with Crippen LogP contribution in [0.25, 0.3) is 11.0 Å². The standard InChI is InChI=1S/C31H46O9Si/c1-6-41(7-2,8-3)40-27-28(38-25-13-9-12-18-35-25)30(39-31(29(27)34-5)16-10-11-17-31)36-23-15-14-21-22(32)19-24(33)37-26(21)20(23)4/h14-15,19,25,27-30,32H,6-13,16-18H2,1-5H3. The molecule has 1 saturated carbocycles. The summed E-state index contributed by atoms with van der Waals surface area (Å²) >= 11 is 0. The van der Waals surface area contributed by atoms with Crippen molar-refractivity contribution in [2.24, 2.45) is 0 Å². The quantitative estimate of drug-likeness (QED) is 0.257. The molecule has 10 heteroatoms. The predicted octanol–water partition coefficient (Wildman–Crippen LogP) is 6.17. The van der Waals surface area contributed by atoms with Crippen LogP contribution in [0.3, 0.4) is 0 Å². The molecule has 1 aromatic carbocycles. The van der Waals surface area contributed by atoms with E-state index in [0.717, 1.165) is 69.1 Å². The third-order valence-electron chi connectivity index (χ3n) is 9.56. The van der Waals surface area contributed by atoms with Crippen LogP contribution < -0.4 is 10.4 Å². The summed E-state index contributed by atoms with van der Waals surface area (Å²) in [6, 6.07) is 7.52. The fraction of sp³-hybridized carbons (Fsp3) is 0.710. The van der Waals surface area contributed by atoms with E-state index in [2.05, 4.69) is 20.8 Å². The number of aryl methyl sites for hydroxylation is 1. The SMILES string of the molecule is CC[Si](CC)(CC)OC1C(OC2CCCCO2)C(Oc2ccc3c(O)cc(=O)oc3c2C)OC2(CCCC2)C1OC. The number of aromatic hydroxyl groups is 1. The first-order valence-corrected chi connectivity index (χ1v) is 17.9. The smallest absolute Gasteiger partial charge is 0.339 e. The Bertz CT molecular complexity index is 1220. The molecule has 5 unspecified atom stereocenters. The molecule has 2 saturated heterocycles. The minimum absolute atomic E-state index is 0.128. The van der Waals surface area contributed by atoms with Gasteiger partial charge in [0.1, 0.15) is 34.9 Å². The Balaban J connectivity index is 1.58. The van der Waals surface area contributed by atoms with Crippen molar-refractivity contribution in [1.82, 2.24) is 0 Å². The fourth-order valence-electron chi connectivity index (χ4n) is 6.94. The molecule has 2 aliphatic heterocycles. The highest BCUT2D eigenvalue weighted by molar-refractivity contribution is 6.73. The summed E-state index contributed by atoms with van der Waals surface area (Å²) in [6.45, 7) is 9.13. The van der Waals surface area contributed by atoms with E-state index in [4.69, 9.17) is 32.5 Å². The number of rotatable bonds is 10. The number of methoxy groups -OCH3 is 1. The molecule has 5 atom stereocenters. The van der Waals surface area contributed by atoms with Crippen LogP contribution in [0.5, 0.6) is 11.5 Å². The summed E-state index contributed by atoms with van der Waals surface area (Å²) in [5, 5.41) is 10.8. The highest BCUT2D eigenvalue weighted by atomic mass is 28.4. The lowest BCUT2D eigenvalue weighted by molar-refractivity contribution is -0.342. The predicted molar refractivity (Wildman–Crippen MR) is 157 cm³/mol. The molecule has 1 N–H and O–H groups in total.